The third kappa shape index (κ3) is 4.24. The highest BCUT2D eigenvalue weighted by Crippen LogP contribution is 2.42. The maximum absolute atomic E-state index is 11.9. The molecule has 0 bridgehead atoms. The van der Waals surface area contributed by atoms with E-state index in [0.717, 1.165) is 17.7 Å². The van der Waals surface area contributed by atoms with Crippen molar-refractivity contribution in [1.82, 2.24) is 0 Å². The normalized spacial score (nSPS) is 10.7. The van der Waals surface area contributed by atoms with Crippen LogP contribution in [0, 0.1) is 0 Å². The molecule has 2 aliphatic rings. The summed E-state index contributed by atoms with van der Waals surface area (Å²) in [6.45, 7) is 1.08. The van der Waals surface area contributed by atoms with Crippen molar-refractivity contribution in [1.29, 1.82) is 0 Å². The van der Waals surface area contributed by atoms with Crippen molar-refractivity contribution >= 4 is 33.7 Å². The van der Waals surface area contributed by atoms with Gasteiger partial charge in [-0.25, -0.2) is 4.79 Å². The summed E-state index contributed by atoms with van der Waals surface area (Å²) < 4.78 is 6.02. The molecule has 0 saturated carbocycles. The Kier molecular flexibility index (Phi) is 5.54. The zero-order valence-electron chi connectivity index (χ0n) is 17.4. The number of benzene rings is 4. The largest absolute Gasteiger partial charge is 0.508 e. The van der Waals surface area contributed by atoms with Gasteiger partial charge in [0, 0.05) is 29.5 Å². The lowest BCUT2D eigenvalue weighted by atomic mass is 9.90. The topological polar surface area (TPSA) is 125 Å². The molecule has 7 nitrogen and oxygen atoms in total. The molecule has 1 aliphatic heterocycles. The van der Waals surface area contributed by atoms with E-state index in [2.05, 4.69) is 0 Å². The lowest BCUT2D eigenvalue weighted by Crippen LogP contribution is -2.03. The summed E-state index contributed by atoms with van der Waals surface area (Å²) in [6.07, 6.45) is 0. The summed E-state index contributed by atoms with van der Waals surface area (Å²) in [6, 6.07) is 19.9. The predicted molar refractivity (Wildman–Crippen MR) is 124 cm³/mol. The van der Waals surface area contributed by atoms with E-state index in [4.69, 9.17) is 14.3 Å². The van der Waals surface area contributed by atoms with E-state index < -0.39 is 11.9 Å². The minimum absolute atomic E-state index is 0.137. The van der Waals surface area contributed by atoms with Crippen LogP contribution in [-0.2, 0) is 4.79 Å². The second kappa shape index (κ2) is 8.47. The number of fused-ring (bicyclic) bond motifs is 3. The van der Waals surface area contributed by atoms with Gasteiger partial charge in [0.05, 0.1) is 5.56 Å². The molecule has 0 fully saturated rings. The third-order valence-electron chi connectivity index (χ3n) is 5.06. The molecule has 3 N–H and O–H groups in total. The van der Waals surface area contributed by atoms with E-state index >= 15 is 0 Å². The SMILES string of the molecule is CC(=O)O.O=C(O)c1ccccc1-c1c2ccc(=O)cc-2oc2cc3ccc(O)cc3cc12. The standard InChI is InChI=1S/C24H14O5.C2H4O2/c25-15-6-5-13-11-21-20(10-14(13)9-15)23(17-3-1-2-4-18(17)24(27)28)19-8-7-16(26)12-22(19)29-21;1-2(3)4/h1-12,25H,(H,27,28);1H3,(H,3,4). The number of hydrogen-bond acceptors (Lipinski definition) is 5. The number of aliphatic carboxylic acids is 1. The number of aromatic hydroxyl groups is 1. The number of aromatic carboxylic acids is 1. The van der Waals surface area contributed by atoms with E-state index in [1.807, 2.05) is 12.1 Å². The molecule has 0 atom stereocenters. The molecular formula is C26H18O7. The number of hydrogen-bond donors (Lipinski definition) is 3. The maximum Gasteiger partial charge on any atom is 0.336 e. The second-order valence-electron chi connectivity index (χ2n) is 7.38. The van der Waals surface area contributed by atoms with Crippen LogP contribution in [0.15, 0.2) is 82.0 Å². The van der Waals surface area contributed by atoms with E-state index in [1.54, 1.807) is 48.5 Å². The van der Waals surface area contributed by atoms with E-state index in [1.165, 1.54) is 12.1 Å². The Hall–Kier alpha value is -4.65. The van der Waals surface area contributed by atoms with Gasteiger partial charge < -0.3 is 19.7 Å². The van der Waals surface area contributed by atoms with Crippen molar-refractivity contribution < 1.29 is 29.3 Å². The van der Waals surface area contributed by atoms with Crippen LogP contribution in [-0.4, -0.2) is 27.3 Å². The molecule has 0 aromatic heterocycles. The number of phenolic OH excluding ortho intramolecular Hbond substituents is 1. The van der Waals surface area contributed by atoms with Crippen molar-refractivity contribution in [3.8, 4) is 28.2 Å². The van der Waals surface area contributed by atoms with Gasteiger partial charge in [0.1, 0.15) is 17.1 Å². The lowest BCUT2D eigenvalue weighted by molar-refractivity contribution is -0.134. The van der Waals surface area contributed by atoms with Crippen LogP contribution in [0.3, 0.4) is 0 Å². The van der Waals surface area contributed by atoms with Gasteiger partial charge >= 0.3 is 5.97 Å². The fourth-order valence-electron chi connectivity index (χ4n) is 3.78. The molecule has 0 spiro atoms. The second-order valence-corrected chi connectivity index (χ2v) is 7.38. The smallest absolute Gasteiger partial charge is 0.336 e. The Labute approximate surface area is 187 Å². The molecular weight excluding hydrogens is 424 g/mol. The fourth-order valence-corrected chi connectivity index (χ4v) is 3.78. The molecule has 0 amide bonds. The zero-order chi connectivity index (χ0) is 23.7. The highest BCUT2D eigenvalue weighted by atomic mass is 16.4. The average molecular weight is 442 g/mol. The monoisotopic (exact) mass is 442 g/mol. The molecule has 1 heterocycles. The van der Waals surface area contributed by atoms with Crippen LogP contribution in [0.2, 0.25) is 0 Å². The van der Waals surface area contributed by atoms with E-state index in [-0.39, 0.29) is 16.7 Å². The summed E-state index contributed by atoms with van der Waals surface area (Å²) in [5.41, 5.74) is 2.34. The van der Waals surface area contributed by atoms with Gasteiger partial charge in [0.25, 0.3) is 5.97 Å². The summed E-state index contributed by atoms with van der Waals surface area (Å²) in [5, 5.41) is 29.4. The van der Waals surface area contributed by atoms with Crippen LogP contribution < -0.4 is 5.43 Å². The molecule has 0 radical (unpaired) electrons. The molecule has 164 valence electrons. The van der Waals surface area contributed by atoms with Crippen LogP contribution in [0.1, 0.15) is 17.3 Å². The quantitative estimate of drug-likeness (QED) is 0.320. The molecule has 1 aliphatic carbocycles. The molecule has 5 rings (SSSR count). The van der Waals surface area contributed by atoms with Gasteiger partial charge in [0.15, 0.2) is 5.43 Å². The van der Waals surface area contributed by atoms with Crippen molar-refractivity contribution in [2.75, 3.05) is 0 Å². The highest BCUT2D eigenvalue weighted by molar-refractivity contribution is 6.10. The first kappa shape index (κ1) is 21.6. The summed E-state index contributed by atoms with van der Waals surface area (Å²) >= 11 is 0. The molecule has 0 saturated heterocycles. The highest BCUT2D eigenvalue weighted by Gasteiger charge is 2.21. The van der Waals surface area contributed by atoms with Gasteiger partial charge in [-0.15, -0.1) is 0 Å². The number of phenols is 1. The van der Waals surface area contributed by atoms with E-state index in [0.29, 0.717) is 33.4 Å². The molecule has 3 aromatic rings. The van der Waals surface area contributed by atoms with Gasteiger partial charge in [-0.05, 0) is 58.8 Å². The van der Waals surface area contributed by atoms with E-state index in [9.17, 15) is 19.8 Å². The number of carboxylic acids is 2. The predicted octanol–water partition coefficient (Wildman–Crippen LogP) is 5.21. The maximum atomic E-state index is 11.9. The molecule has 7 heteroatoms. The summed E-state index contributed by atoms with van der Waals surface area (Å²) in [5.74, 6) is -1.35. The van der Waals surface area contributed by atoms with Crippen molar-refractivity contribution in [2.45, 2.75) is 6.92 Å². The fraction of sp³-hybridized carbons (Fsp3) is 0.0385. The van der Waals surface area contributed by atoms with Crippen LogP contribution >= 0.6 is 0 Å². The molecule has 3 aromatic carbocycles. The minimum Gasteiger partial charge on any atom is -0.508 e. The average Bonchev–Trinajstić information content (AvgIpc) is 2.75. The number of rotatable bonds is 2. The molecule has 0 unspecified atom stereocenters. The first-order valence-corrected chi connectivity index (χ1v) is 9.90. The van der Waals surface area contributed by atoms with Crippen LogP contribution in [0.25, 0.3) is 44.2 Å². The number of carbonyl (C=O) groups is 2. The summed E-state index contributed by atoms with van der Waals surface area (Å²) in [7, 11) is 0. The van der Waals surface area contributed by atoms with Crippen LogP contribution in [0.5, 0.6) is 5.75 Å². The Balaban J connectivity index is 0.000000601. The van der Waals surface area contributed by atoms with Gasteiger partial charge in [-0.1, -0.05) is 24.3 Å². The zero-order valence-corrected chi connectivity index (χ0v) is 17.4. The van der Waals surface area contributed by atoms with Crippen molar-refractivity contribution in [3.63, 3.8) is 0 Å². The Morgan fingerprint density at radius 1 is 0.818 bits per heavy atom. The van der Waals surface area contributed by atoms with Crippen molar-refractivity contribution in [3.05, 3.63) is 88.6 Å². The third-order valence-corrected chi connectivity index (χ3v) is 5.06. The van der Waals surface area contributed by atoms with Crippen molar-refractivity contribution in [2.24, 2.45) is 0 Å². The van der Waals surface area contributed by atoms with Gasteiger partial charge in [-0.3, -0.25) is 9.59 Å². The number of carboxylic acid groups (broad SMARTS) is 2. The Morgan fingerprint density at radius 3 is 2.27 bits per heavy atom. The van der Waals surface area contributed by atoms with Crippen LogP contribution in [0.4, 0.5) is 0 Å². The van der Waals surface area contributed by atoms with Gasteiger partial charge in [0.2, 0.25) is 0 Å². The first-order chi connectivity index (χ1) is 15.7. The lowest BCUT2D eigenvalue weighted by Gasteiger charge is -2.17. The minimum atomic E-state index is -1.04. The first-order valence-electron chi connectivity index (χ1n) is 9.90. The summed E-state index contributed by atoms with van der Waals surface area (Å²) in [4.78, 5) is 32.8. The Morgan fingerprint density at radius 2 is 1.55 bits per heavy atom. The molecule has 33 heavy (non-hydrogen) atoms. The van der Waals surface area contributed by atoms with Gasteiger partial charge in [-0.2, -0.15) is 0 Å². The Bertz CT molecular complexity index is 1560.